The number of carbonyl (C=O) groups excluding carboxylic acids is 1. The van der Waals surface area contributed by atoms with Gasteiger partial charge in [-0.3, -0.25) is 4.79 Å². The number of hydrogen-bond acceptors (Lipinski definition) is 6. The number of ether oxygens (including phenoxy) is 2. The van der Waals surface area contributed by atoms with Crippen LogP contribution >= 0.6 is 0 Å². The maximum atomic E-state index is 12.8. The number of para-hydroxylation sites is 1. The molecule has 4 aromatic rings. The average Bonchev–Trinajstić information content (AvgIpc) is 2.88. The molecular formula is C27H23NO5. The van der Waals surface area contributed by atoms with E-state index in [-0.39, 0.29) is 18.0 Å². The van der Waals surface area contributed by atoms with E-state index in [4.69, 9.17) is 13.9 Å². The number of carbonyl (C=O) groups is 1. The highest BCUT2D eigenvalue weighted by atomic mass is 16.5. The molecule has 1 fully saturated rings. The number of rotatable bonds is 5. The second-order valence-electron chi connectivity index (χ2n) is 7.87. The third kappa shape index (κ3) is 4.52. The molecule has 0 N–H and O–H groups in total. The third-order valence-electron chi connectivity index (χ3n) is 5.71. The molecule has 0 amide bonds. The van der Waals surface area contributed by atoms with E-state index < -0.39 is 0 Å². The molecule has 1 saturated heterocycles. The topological polar surface area (TPSA) is 69.0 Å². The minimum atomic E-state index is -0.385. The van der Waals surface area contributed by atoms with Crippen molar-refractivity contribution in [3.63, 3.8) is 0 Å². The molecule has 1 aromatic heterocycles. The molecule has 6 heteroatoms. The Kier molecular flexibility index (Phi) is 5.91. The van der Waals surface area contributed by atoms with Gasteiger partial charge in [-0.2, -0.15) is 0 Å². The molecule has 3 aromatic carbocycles. The predicted molar refractivity (Wildman–Crippen MR) is 127 cm³/mol. The summed E-state index contributed by atoms with van der Waals surface area (Å²) in [4.78, 5) is 27.2. The zero-order valence-corrected chi connectivity index (χ0v) is 18.0. The van der Waals surface area contributed by atoms with Crippen LogP contribution in [-0.4, -0.2) is 32.3 Å². The van der Waals surface area contributed by atoms with Crippen molar-refractivity contribution >= 4 is 22.8 Å². The number of esters is 1. The highest BCUT2D eigenvalue weighted by Crippen LogP contribution is 2.30. The lowest BCUT2D eigenvalue weighted by Crippen LogP contribution is -2.36. The number of hydrogen-bond donors (Lipinski definition) is 0. The van der Waals surface area contributed by atoms with Gasteiger partial charge in [0.15, 0.2) is 11.3 Å². The van der Waals surface area contributed by atoms with Gasteiger partial charge >= 0.3 is 5.97 Å². The fourth-order valence-electron chi connectivity index (χ4n) is 3.92. The van der Waals surface area contributed by atoms with Crippen molar-refractivity contribution in [1.82, 2.24) is 0 Å². The molecule has 0 bridgehead atoms. The number of benzene rings is 3. The normalized spacial score (nSPS) is 13.8. The summed E-state index contributed by atoms with van der Waals surface area (Å²) in [6.07, 6.45) is 0. The second kappa shape index (κ2) is 9.30. The molecule has 0 aliphatic carbocycles. The molecular weight excluding hydrogens is 418 g/mol. The molecule has 0 spiro atoms. The van der Waals surface area contributed by atoms with Gasteiger partial charge in [0.1, 0.15) is 12.2 Å². The van der Waals surface area contributed by atoms with Crippen LogP contribution in [0.3, 0.4) is 0 Å². The van der Waals surface area contributed by atoms with Crippen molar-refractivity contribution in [2.75, 3.05) is 31.2 Å². The van der Waals surface area contributed by atoms with Crippen LogP contribution in [0, 0.1) is 0 Å². The lowest BCUT2D eigenvalue weighted by atomic mass is 10.0. The molecule has 1 aliphatic heterocycles. The Balaban J connectivity index is 1.42. The Bertz CT molecular complexity index is 1320. The van der Waals surface area contributed by atoms with Crippen molar-refractivity contribution in [2.24, 2.45) is 0 Å². The Morgan fingerprint density at radius 2 is 1.67 bits per heavy atom. The summed E-state index contributed by atoms with van der Waals surface area (Å²) in [5.41, 5.74) is 3.49. The fourth-order valence-corrected chi connectivity index (χ4v) is 3.92. The first-order valence-electron chi connectivity index (χ1n) is 10.9. The number of nitrogens with zero attached hydrogens (tertiary/aromatic N) is 1. The number of morpholine rings is 1. The first-order chi connectivity index (χ1) is 16.2. The molecule has 5 rings (SSSR count). The monoisotopic (exact) mass is 441 g/mol. The molecule has 0 radical (unpaired) electrons. The SMILES string of the molecule is O=C(OCc1ccccc1)c1ccc(-c2cccc3c(=O)cc(N4CCOCC4)oc23)cc1. The minimum Gasteiger partial charge on any atom is -0.457 e. The molecule has 0 unspecified atom stereocenters. The van der Waals surface area contributed by atoms with E-state index >= 15 is 0 Å². The van der Waals surface area contributed by atoms with Crippen LogP contribution in [0.5, 0.6) is 0 Å². The highest BCUT2D eigenvalue weighted by Gasteiger charge is 2.17. The van der Waals surface area contributed by atoms with E-state index in [1.807, 2.05) is 59.5 Å². The first kappa shape index (κ1) is 21.0. The number of anilines is 1. The van der Waals surface area contributed by atoms with Crippen molar-refractivity contribution < 1.29 is 18.7 Å². The van der Waals surface area contributed by atoms with Crippen molar-refractivity contribution in [1.29, 1.82) is 0 Å². The molecule has 0 atom stereocenters. The van der Waals surface area contributed by atoms with Gasteiger partial charge in [0.2, 0.25) is 0 Å². The van der Waals surface area contributed by atoms with Crippen LogP contribution in [0.2, 0.25) is 0 Å². The molecule has 2 heterocycles. The maximum Gasteiger partial charge on any atom is 0.338 e. The minimum absolute atomic E-state index is 0.0827. The van der Waals surface area contributed by atoms with Crippen LogP contribution in [0.1, 0.15) is 15.9 Å². The van der Waals surface area contributed by atoms with Gasteiger partial charge in [0.25, 0.3) is 0 Å². The molecule has 166 valence electrons. The smallest absolute Gasteiger partial charge is 0.338 e. The quantitative estimate of drug-likeness (QED) is 0.420. The summed E-state index contributed by atoms with van der Waals surface area (Å²) in [6, 6.07) is 23.8. The maximum absolute atomic E-state index is 12.8. The third-order valence-corrected chi connectivity index (χ3v) is 5.71. The van der Waals surface area contributed by atoms with Gasteiger partial charge < -0.3 is 18.8 Å². The fraction of sp³-hybridized carbons (Fsp3) is 0.185. The van der Waals surface area contributed by atoms with E-state index in [0.717, 1.165) is 16.7 Å². The van der Waals surface area contributed by atoms with E-state index in [1.165, 1.54) is 0 Å². The van der Waals surface area contributed by atoms with Crippen molar-refractivity contribution in [3.8, 4) is 11.1 Å². The molecule has 1 aliphatic rings. The Hall–Kier alpha value is -3.90. The zero-order valence-electron chi connectivity index (χ0n) is 18.0. The van der Waals surface area contributed by atoms with Crippen LogP contribution in [0.25, 0.3) is 22.1 Å². The Morgan fingerprint density at radius 3 is 2.42 bits per heavy atom. The van der Waals surface area contributed by atoms with E-state index in [0.29, 0.717) is 48.7 Å². The molecule has 6 nitrogen and oxygen atoms in total. The van der Waals surface area contributed by atoms with Crippen molar-refractivity contribution in [2.45, 2.75) is 6.61 Å². The van der Waals surface area contributed by atoms with Gasteiger partial charge in [-0.1, -0.05) is 54.6 Å². The van der Waals surface area contributed by atoms with Gasteiger partial charge in [0, 0.05) is 24.7 Å². The Labute approximate surface area is 191 Å². The van der Waals surface area contributed by atoms with Crippen LogP contribution in [-0.2, 0) is 16.1 Å². The molecule has 0 saturated carbocycles. The van der Waals surface area contributed by atoms with Gasteiger partial charge in [-0.25, -0.2) is 4.79 Å². The standard InChI is InChI=1S/C27H23NO5/c29-24-17-25(28-13-15-31-16-14-28)33-26-22(7-4-8-23(24)26)20-9-11-21(12-10-20)27(30)32-18-19-5-2-1-3-6-19/h1-12,17H,13-16,18H2. The van der Waals surface area contributed by atoms with Gasteiger partial charge in [-0.05, 0) is 29.3 Å². The largest absolute Gasteiger partial charge is 0.457 e. The second-order valence-corrected chi connectivity index (χ2v) is 7.87. The van der Waals surface area contributed by atoms with Crippen molar-refractivity contribution in [3.05, 3.63) is 100 Å². The summed E-state index contributed by atoms with van der Waals surface area (Å²) in [5.74, 6) is 0.161. The summed E-state index contributed by atoms with van der Waals surface area (Å²) in [6.45, 7) is 2.78. The zero-order chi connectivity index (χ0) is 22.6. The van der Waals surface area contributed by atoms with E-state index in [1.54, 1.807) is 24.3 Å². The molecule has 33 heavy (non-hydrogen) atoms. The van der Waals surface area contributed by atoms with E-state index in [9.17, 15) is 9.59 Å². The average molecular weight is 441 g/mol. The van der Waals surface area contributed by atoms with Gasteiger partial charge in [0.05, 0.1) is 24.2 Å². The van der Waals surface area contributed by atoms with Gasteiger partial charge in [-0.15, -0.1) is 0 Å². The predicted octanol–water partition coefficient (Wildman–Crippen LogP) is 4.65. The summed E-state index contributed by atoms with van der Waals surface area (Å²) in [7, 11) is 0. The lowest BCUT2D eigenvalue weighted by Gasteiger charge is -2.27. The highest BCUT2D eigenvalue weighted by molar-refractivity contribution is 5.94. The Morgan fingerprint density at radius 1 is 0.909 bits per heavy atom. The van der Waals surface area contributed by atoms with Crippen LogP contribution < -0.4 is 10.3 Å². The summed E-state index contributed by atoms with van der Waals surface area (Å²) >= 11 is 0. The summed E-state index contributed by atoms with van der Waals surface area (Å²) in [5, 5.41) is 0.524. The van der Waals surface area contributed by atoms with Crippen LogP contribution in [0.4, 0.5) is 5.88 Å². The first-order valence-corrected chi connectivity index (χ1v) is 10.9. The summed E-state index contributed by atoms with van der Waals surface area (Å²) < 4.78 is 17.0. The lowest BCUT2D eigenvalue weighted by molar-refractivity contribution is 0.0472. The van der Waals surface area contributed by atoms with E-state index in [2.05, 4.69) is 0 Å². The van der Waals surface area contributed by atoms with Crippen LogP contribution in [0.15, 0.2) is 88.1 Å². The number of fused-ring (bicyclic) bond motifs is 1.